The van der Waals surface area contributed by atoms with Gasteiger partial charge in [0.25, 0.3) is 5.91 Å². The van der Waals surface area contributed by atoms with Gasteiger partial charge in [0, 0.05) is 15.7 Å². The van der Waals surface area contributed by atoms with E-state index in [1.807, 2.05) is 37.3 Å². The first kappa shape index (κ1) is 22.8. The average Bonchev–Trinajstić information content (AvgIpc) is 2.71. The minimum atomic E-state index is -3.45. The highest BCUT2D eigenvalue weighted by atomic mass is 127. The molecule has 0 radical (unpaired) electrons. The Hall–Kier alpha value is -1.87. The number of allylic oxidation sites excluding steroid dienone is 1. The summed E-state index contributed by atoms with van der Waals surface area (Å²) in [6.45, 7) is 2.72. The van der Waals surface area contributed by atoms with E-state index >= 15 is 0 Å². The lowest BCUT2D eigenvalue weighted by Crippen LogP contribution is -2.30. The van der Waals surface area contributed by atoms with Crippen molar-refractivity contribution in [3.05, 3.63) is 74.4 Å². The van der Waals surface area contributed by atoms with Crippen LogP contribution in [0.5, 0.6) is 0 Å². The third kappa shape index (κ3) is 6.07. The van der Waals surface area contributed by atoms with Gasteiger partial charge in [-0.05, 0) is 96.7 Å². The molecule has 1 amide bonds. The molecule has 0 fully saturated rings. The van der Waals surface area contributed by atoms with Crippen LogP contribution in [0.1, 0.15) is 47.2 Å². The Morgan fingerprint density at radius 2 is 1.87 bits per heavy atom. The molecule has 160 valence electrons. The quantitative estimate of drug-likeness (QED) is 0.407. The summed E-state index contributed by atoms with van der Waals surface area (Å²) in [5.74, 6) is -0.110. The van der Waals surface area contributed by atoms with E-state index in [0.717, 1.165) is 27.5 Å². The fraction of sp³-hybridized carbons (Fsp3) is 0.348. The molecular weight excluding hydrogens is 511 g/mol. The number of hydrogen-bond acceptors (Lipinski definition) is 3. The lowest BCUT2D eigenvalue weighted by atomic mass is 9.99. The maximum Gasteiger partial charge on any atom is 0.251 e. The fourth-order valence-electron chi connectivity index (χ4n) is 3.57. The van der Waals surface area contributed by atoms with Crippen molar-refractivity contribution in [1.82, 2.24) is 5.32 Å². The van der Waals surface area contributed by atoms with Gasteiger partial charge < -0.3 is 5.32 Å². The summed E-state index contributed by atoms with van der Waals surface area (Å²) < 4.78 is 27.3. The molecule has 5 nitrogen and oxygen atoms in total. The highest BCUT2D eigenvalue weighted by Gasteiger charge is 2.20. The summed E-state index contributed by atoms with van der Waals surface area (Å²) in [6, 6.07) is 12.8. The molecule has 1 aliphatic rings. The summed E-state index contributed by atoms with van der Waals surface area (Å²) in [6.07, 6.45) is 8.00. The molecule has 0 saturated heterocycles. The number of amides is 1. The van der Waals surface area contributed by atoms with Crippen LogP contribution in [0.3, 0.4) is 0 Å². The van der Waals surface area contributed by atoms with E-state index in [0.29, 0.717) is 17.8 Å². The van der Waals surface area contributed by atoms with E-state index in [-0.39, 0.29) is 12.5 Å². The molecule has 7 heteroatoms. The van der Waals surface area contributed by atoms with Crippen molar-refractivity contribution in [2.45, 2.75) is 39.2 Å². The Balaban J connectivity index is 1.71. The van der Waals surface area contributed by atoms with Gasteiger partial charge in [0.2, 0.25) is 10.0 Å². The van der Waals surface area contributed by atoms with Crippen LogP contribution < -0.4 is 9.62 Å². The third-order valence-corrected chi connectivity index (χ3v) is 7.03. The van der Waals surface area contributed by atoms with Gasteiger partial charge in [-0.1, -0.05) is 23.8 Å². The first-order chi connectivity index (χ1) is 14.2. The minimum absolute atomic E-state index is 0.110. The highest BCUT2D eigenvalue weighted by Crippen LogP contribution is 2.26. The van der Waals surface area contributed by atoms with Crippen LogP contribution in [0.4, 0.5) is 5.69 Å². The van der Waals surface area contributed by atoms with E-state index in [1.165, 1.54) is 29.0 Å². The smallest absolute Gasteiger partial charge is 0.251 e. The average molecular weight is 538 g/mol. The van der Waals surface area contributed by atoms with Crippen molar-refractivity contribution >= 4 is 44.2 Å². The van der Waals surface area contributed by atoms with Gasteiger partial charge >= 0.3 is 0 Å². The molecule has 0 spiro atoms. The number of carbonyl (C=O) groups excluding carboxylic acids is 1. The standard InChI is InChI=1S/C23H27IN2O3S/c1-17-14-21(24)12-13-22(17)26(30(2,28)29)16-19-8-10-20(11-9-19)23(27)25-15-18-6-4-3-5-7-18/h6,8-14H,3-5,7,15-16H2,1-2H3,(H,25,27). The summed E-state index contributed by atoms with van der Waals surface area (Å²) in [4.78, 5) is 12.4. The second kappa shape index (κ2) is 9.96. The molecule has 0 unspecified atom stereocenters. The van der Waals surface area contributed by atoms with Crippen LogP contribution >= 0.6 is 22.6 Å². The van der Waals surface area contributed by atoms with E-state index < -0.39 is 10.0 Å². The second-order valence-corrected chi connectivity index (χ2v) is 10.8. The minimum Gasteiger partial charge on any atom is -0.348 e. The van der Waals surface area contributed by atoms with Crippen LogP contribution in [0, 0.1) is 10.5 Å². The molecule has 0 saturated carbocycles. The first-order valence-corrected chi connectivity index (χ1v) is 13.0. The maximum absolute atomic E-state index is 12.4. The number of anilines is 1. The van der Waals surface area contributed by atoms with Crippen molar-refractivity contribution in [3.8, 4) is 0 Å². The van der Waals surface area contributed by atoms with Crippen LogP contribution in [-0.2, 0) is 16.6 Å². The summed E-state index contributed by atoms with van der Waals surface area (Å²) in [5, 5.41) is 2.98. The Labute approximate surface area is 192 Å². The van der Waals surface area contributed by atoms with Gasteiger partial charge in [-0.15, -0.1) is 0 Å². The molecule has 30 heavy (non-hydrogen) atoms. The summed E-state index contributed by atoms with van der Waals surface area (Å²) in [5.41, 5.74) is 4.26. The number of sulfonamides is 1. The van der Waals surface area contributed by atoms with E-state index in [1.54, 1.807) is 12.1 Å². The number of benzene rings is 2. The number of nitrogens with one attached hydrogen (secondary N) is 1. The molecule has 0 aromatic heterocycles. The molecule has 1 aliphatic carbocycles. The summed E-state index contributed by atoms with van der Waals surface area (Å²) >= 11 is 2.21. The number of nitrogens with zero attached hydrogens (tertiary/aromatic N) is 1. The number of rotatable bonds is 7. The van der Waals surface area contributed by atoms with Gasteiger partial charge in [-0.2, -0.15) is 0 Å². The van der Waals surface area contributed by atoms with Crippen molar-refractivity contribution in [2.75, 3.05) is 17.1 Å². The van der Waals surface area contributed by atoms with Crippen LogP contribution in [0.15, 0.2) is 54.1 Å². The number of carbonyl (C=O) groups is 1. The lowest BCUT2D eigenvalue weighted by Gasteiger charge is -2.24. The highest BCUT2D eigenvalue weighted by molar-refractivity contribution is 14.1. The molecule has 3 rings (SSSR count). The molecular formula is C23H27IN2O3S. The van der Waals surface area contributed by atoms with Gasteiger partial charge in [-0.25, -0.2) is 8.42 Å². The molecule has 0 bridgehead atoms. The van der Waals surface area contributed by atoms with Crippen molar-refractivity contribution in [1.29, 1.82) is 0 Å². The molecule has 1 N–H and O–H groups in total. The number of halogens is 1. The number of aryl methyl sites for hydroxylation is 1. The summed E-state index contributed by atoms with van der Waals surface area (Å²) in [7, 11) is -3.45. The zero-order chi connectivity index (χ0) is 21.7. The van der Waals surface area contributed by atoms with Crippen LogP contribution in [-0.4, -0.2) is 27.1 Å². The van der Waals surface area contributed by atoms with Crippen LogP contribution in [0.25, 0.3) is 0 Å². The predicted molar refractivity (Wildman–Crippen MR) is 130 cm³/mol. The van der Waals surface area contributed by atoms with Crippen molar-refractivity contribution in [2.24, 2.45) is 0 Å². The zero-order valence-corrected chi connectivity index (χ0v) is 20.3. The first-order valence-electron chi connectivity index (χ1n) is 10.0. The van der Waals surface area contributed by atoms with Gasteiger partial charge in [-0.3, -0.25) is 9.10 Å². The normalized spacial score (nSPS) is 14.2. The van der Waals surface area contributed by atoms with E-state index in [4.69, 9.17) is 0 Å². The van der Waals surface area contributed by atoms with Crippen molar-refractivity contribution in [3.63, 3.8) is 0 Å². The van der Waals surface area contributed by atoms with Gasteiger partial charge in [0.15, 0.2) is 0 Å². The Bertz CT molecular complexity index is 1050. The zero-order valence-electron chi connectivity index (χ0n) is 17.3. The van der Waals surface area contributed by atoms with Crippen LogP contribution in [0.2, 0.25) is 0 Å². The third-order valence-electron chi connectivity index (χ3n) is 5.23. The topological polar surface area (TPSA) is 66.5 Å². The second-order valence-electron chi connectivity index (χ2n) is 7.69. The SMILES string of the molecule is Cc1cc(I)ccc1N(Cc1ccc(C(=O)NCC2=CCCCC2)cc1)S(C)(=O)=O. The Morgan fingerprint density at radius 3 is 2.47 bits per heavy atom. The molecule has 2 aromatic rings. The Kier molecular flexibility index (Phi) is 7.57. The predicted octanol–water partition coefficient (Wildman–Crippen LogP) is 4.80. The van der Waals surface area contributed by atoms with E-state index in [2.05, 4.69) is 34.0 Å². The molecule has 2 aromatic carbocycles. The number of hydrogen-bond donors (Lipinski definition) is 1. The fourth-order valence-corrected chi connectivity index (χ4v) is 5.16. The Morgan fingerprint density at radius 1 is 1.13 bits per heavy atom. The van der Waals surface area contributed by atoms with Gasteiger partial charge in [0.05, 0.1) is 18.5 Å². The monoisotopic (exact) mass is 538 g/mol. The van der Waals surface area contributed by atoms with Gasteiger partial charge in [0.1, 0.15) is 0 Å². The molecule has 0 atom stereocenters. The largest absolute Gasteiger partial charge is 0.348 e. The van der Waals surface area contributed by atoms with E-state index in [9.17, 15) is 13.2 Å². The molecule has 0 heterocycles. The van der Waals surface area contributed by atoms with Crippen molar-refractivity contribution < 1.29 is 13.2 Å². The molecule has 0 aliphatic heterocycles. The lowest BCUT2D eigenvalue weighted by molar-refractivity contribution is 0.0956. The maximum atomic E-state index is 12.4.